The van der Waals surface area contributed by atoms with Crippen LogP contribution in [0.25, 0.3) is 11.3 Å². The molecule has 0 spiro atoms. The Bertz CT molecular complexity index is 1140. The van der Waals surface area contributed by atoms with Gasteiger partial charge in [-0.15, -0.1) is 11.8 Å². The lowest BCUT2D eigenvalue weighted by atomic mass is 9.85. The fourth-order valence-corrected chi connectivity index (χ4v) is 4.17. The zero-order chi connectivity index (χ0) is 21.8. The average molecular weight is 451 g/mol. The number of hydrogen-bond acceptors (Lipinski definition) is 4. The van der Waals surface area contributed by atoms with Crippen LogP contribution in [0.1, 0.15) is 17.0 Å². The topological polar surface area (TPSA) is 47.3 Å². The second-order valence-electron chi connectivity index (χ2n) is 7.15. The molecule has 6 heteroatoms. The predicted octanol–water partition coefficient (Wildman–Crippen LogP) is 5.81. The van der Waals surface area contributed by atoms with E-state index < -0.39 is 5.60 Å². The first kappa shape index (κ1) is 21.7. The van der Waals surface area contributed by atoms with Gasteiger partial charge in [-0.3, -0.25) is 0 Å². The van der Waals surface area contributed by atoms with Crippen molar-refractivity contribution in [1.29, 1.82) is 0 Å². The van der Waals surface area contributed by atoms with Crippen LogP contribution in [0.2, 0.25) is 5.02 Å². The first-order valence-corrected chi connectivity index (χ1v) is 11.4. The quantitative estimate of drug-likeness (QED) is 0.361. The molecule has 3 aromatic carbocycles. The Morgan fingerprint density at radius 3 is 2.23 bits per heavy atom. The molecule has 0 saturated carbocycles. The molecule has 1 heterocycles. The Hall–Kier alpha value is -2.57. The second kappa shape index (κ2) is 9.28. The fraction of sp³-hybridized carbons (Fsp3) is 0.160. The number of rotatable bonds is 7. The van der Waals surface area contributed by atoms with Gasteiger partial charge in [0.25, 0.3) is 0 Å². The monoisotopic (exact) mass is 450 g/mol. The molecule has 0 amide bonds. The van der Waals surface area contributed by atoms with E-state index in [0.717, 1.165) is 27.3 Å². The van der Waals surface area contributed by atoms with Gasteiger partial charge >= 0.3 is 0 Å². The maximum Gasteiger partial charge on any atom is 0.173 e. The van der Waals surface area contributed by atoms with E-state index >= 15 is 0 Å². The van der Waals surface area contributed by atoms with E-state index in [1.165, 1.54) is 0 Å². The van der Waals surface area contributed by atoms with Crippen molar-refractivity contribution < 1.29 is 9.84 Å². The Balaban J connectivity index is 1.92. The van der Waals surface area contributed by atoms with E-state index in [1.54, 1.807) is 18.9 Å². The first-order valence-electron chi connectivity index (χ1n) is 9.81. The number of halogens is 1. The molecule has 0 fully saturated rings. The third-order valence-electron chi connectivity index (χ3n) is 5.21. The molecule has 0 aliphatic carbocycles. The Morgan fingerprint density at radius 2 is 1.61 bits per heavy atom. The summed E-state index contributed by atoms with van der Waals surface area (Å²) in [5.41, 5.74) is 1.66. The number of benzene rings is 3. The standard InChI is InChI=1S/C25H23ClN2O2S/c1-30-17-28-16-23(18-8-12-21(26)13-9-18)27-24(28)25(29,19-6-4-3-5-7-19)20-10-14-22(31-2)15-11-20/h3-16,29H,17H2,1-2H3/t25-/m1/s1. The van der Waals surface area contributed by atoms with E-state index in [2.05, 4.69) is 0 Å². The largest absolute Gasteiger partial charge is 0.373 e. The van der Waals surface area contributed by atoms with Gasteiger partial charge in [-0.05, 0) is 41.6 Å². The van der Waals surface area contributed by atoms with Gasteiger partial charge in [0, 0.05) is 28.8 Å². The summed E-state index contributed by atoms with van der Waals surface area (Å²) < 4.78 is 7.27. The van der Waals surface area contributed by atoms with Crippen LogP contribution in [0.5, 0.6) is 0 Å². The lowest BCUT2D eigenvalue weighted by Gasteiger charge is -2.29. The average Bonchev–Trinajstić information content (AvgIpc) is 3.24. The van der Waals surface area contributed by atoms with Crippen molar-refractivity contribution in [2.24, 2.45) is 0 Å². The van der Waals surface area contributed by atoms with Crippen LogP contribution in [0.15, 0.2) is 90.0 Å². The highest BCUT2D eigenvalue weighted by Crippen LogP contribution is 2.38. The van der Waals surface area contributed by atoms with Gasteiger partial charge < -0.3 is 14.4 Å². The predicted molar refractivity (Wildman–Crippen MR) is 126 cm³/mol. The van der Waals surface area contributed by atoms with Crippen LogP contribution in [-0.2, 0) is 17.1 Å². The van der Waals surface area contributed by atoms with Crippen molar-refractivity contribution >= 4 is 23.4 Å². The van der Waals surface area contributed by atoms with Gasteiger partial charge in [0.15, 0.2) is 11.4 Å². The van der Waals surface area contributed by atoms with Crippen molar-refractivity contribution in [3.63, 3.8) is 0 Å². The molecule has 158 valence electrons. The highest BCUT2D eigenvalue weighted by atomic mass is 35.5. The molecular weight excluding hydrogens is 428 g/mol. The molecule has 1 N–H and O–H groups in total. The number of imidazole rings is 1. The van der Waals surface area contributed by atoms with Crippen LogP contribution in [0.4, 0.5) is 0 Å². The van der Waals surface area contributed by atoms with Gasteiger partial charge in [-0.2, -0.15) is 0 Å². The Morgan fingerprint density at radius 1 is 0.968 bits per heavy atom. The third kappa shape index (κ3) is 4.27. The van der Waals surface area contributed by atoms with Crippen LogP contribution in [0.3, 0.4) is 0 Å². The lowest BCUT2D eigenvalue weighted by Crippen LogP contribution is -2.33. The molecule has 0 saturated heterocycles. The first-order chi connectivity index (χ1) is 15.1. The van der Waals surface area contributed by atoms with Crippen molar-refractivity contribution in [2.45, 2.75) is 17.2 Å². The van der Waals surface area contributed by atoms with Crippen molar-refractivity contribution in [1.82, 2.24) is 9.55 Å². The zero-order valence-corrected chi connectivity index (χ0v) is 18.9. The lowest BCUT2D eigenvalue weighted by molar-refractivity contribution is 0.0845. The number of thioether (sulfide) groups is 1. The number of hydrogen-bond donors (Lipinski definition) is 1. The van der Waals surface area contributed by atoms with Crippen molar-refractivity contribution in [3.05, 3.63) is 107 Å². The number of ether oxygens (including phenoxy) is 1. The summed E-state index contributed by atoms with van der Waals surface area (Å²) in [6.45, 7) is 0.258. The zero-order valence-electron chi connectivity index (χ0n) is 17.3. The number of methoxy groups -OCH3 is 1. The Kier molecular flexibility index (Phi) is 6.49. The molecule has 4 nitrogen and oxygen atoms in total. The molecular formula is C25H23ClN2O2S. The van der Waals surface area contributed by atoms with Crippen molar-refractivity contribution in [3.8, 4) is 11.3 Å². The molecule has 4 rings (SSSR count). The van der Waals surface area contributed by atoms with E-state index in [-0.39, 0.29) is 6.73 Å². The number of aliphatic hydroxyl groups is 1. The summed E-state index contributed by atoms with van der Waals surface area (Å²) in [4.78, 5) is 6.01. The van der Waals surface area contributed by atoms with Gasteiger partial charge in [0.2, 0.25) is 0 Å². The molecule has 4 aromatic rings. The minimum absolute atomic E-state index is 0.258. The maximum absolute atomic E-state index is 12.2. The minimum Gasteiger partial charge on any atom is -0.373 e. The molecule has 31 heavy (non-hydrogen) atoms. The summed E-state index contributed by atoms with van der Waals surface area (Å²) in [6.07, 6.45) is 3.92. The van der Waals surface area contributed by atoms with E-state index in [9.17, 15) is 5.11 Å². The van der Waals surface area contributed by atoms with Gasteiger partial charge in [-0.1, -0.05) is 66.2 Å². The SMILES string of the molecule is COCn1cc(-c2ccc(Cl)cc2)nc1[C@@](O)(c1ccccc1)c1ccc(SC)cc1. The maximum atomic E-state index is 12.2. The highest BCUT2D eigenvalue weighted by molar-refractivity contribution is 7.98. The van der Waals surface area contributed by atoms with Gasteiger partial charge in [-0.25, -0.2) is 4.98 Å². The summed E-state index contributed by atoms with van der Waals surface area (Å²) in [6, 6.07) is 25.0. The summed E-state index contributed by atoms with van der Waals surface area (Å²) in [5.74, 6) is 0.488. The molecule has 1 aromatic heterocycles. The number of aromatic nitrogens is 2. The van der Waals surface area contributed by atoms with Gasteiger partial charge in [0.05, 0.1) is 5.69 Å². The van der Waals surface area contributed by atoms with Gasteiger partial charge in [0.1, 0.15) is 6.73 Å². The van der Waals surface area contributed by atoms with E-state index in [1.807, 2.05) is 95.9 Å². The minimum atomic E-state index is -1.46. The fourth-order valence-electron chi connectivity index (χ4n) is 3.64. The summed E-state index contributed by atoms with van der Waals surface area (Å²) in [5, 5.41) is 12.9. The second-order valence-corrected chi connectivity index (χ2v) is 8.47. The van der Waals surface area contributed by atoms with Crippen LogP contribution < -0.4 is 0 Å². The normalized spacial score (nSPS) is 13.2. The summed E-state index contributed by atoms with van der Waals surface area (Å²) >= 11 is 7.72. The van der Waals surface area contributed by atoms with Crippen LogP contribution >= 0.6 is 23.4 Å². The highest BCUT2D eigenvalue weighted by Gasteiger charge is 2.38. The van der Waals surface area contributed by atoms with E-state index in [4.69, 9.17) is 21.3 Å². The number of nitrogens with zero attached hydrogens (tertiary/aromatic N) is 2. The Labute approximate surface area is 191 Å². The molecule has 1 atom stereocenters. The van der Waals surface area contributed by atoms with E-state index in [0.29, 0.717) is 10.8 Å². The smallest absolute Gasteiger partial charge is 0.173 e. The molecule has 0 aliphatic heterocycles. The van der Waals surface area contributed by atoms with Crippen molar-refractivity contribution in [2.75, 3.05) is 13.4 Å². The summed E-state index contributed by atoms with van der Waals surface area (Å²) in [7, 11) is 1.63. The third-order valence-corrected chi connectivity index (χ3v) is 6.20. The van der Waals surface area contributed by atoms with Crippen LogP contribution in [0, 0.1) is 0 Å². The molecule has 0 aliphatic rings. The molecule has 0 radical (unpaired) electrons. The molecule has 0 unspecified atom stereocenters. The van der Waals surface area contributed by atoms with Crippen LogP contribution in [-0.4, -0.2) is 28.0 Å². The molecule has 0 bridgehead atoms.